The fourth-order valence-corrected chi connectivity index (χ4v) is 8.20. The van der Waals surface area contributed by atoms with Crippen molar-refractivity contribution in [3.05, 3.63) is 167 Å². The summed E-state index contributed by atoms with van der Waals surface area (Å²) in [5.74, 6) is 0. The van der Waals surface area contributed by atoms with E-state index in [0.29, 0.717) is 0 Å². The van der Waals surface area contributed by atoms with E-state index in [0.717, 1.165) is 64.7 Å². The molecule has 46 heavy (non-hydrogen) atoms. The summed E-state index contributed by atoms with van der Waals surface area (Å²) in [6.07, 6.45) is 8.96. The molecule has 218 valence electrons. The summed E-state index contributed by atoms with van der Waals surface area (Å²) in [6.45, 7) is 0. The molecule has 7 aromatic rings. The van der Waals surface area contributed by atoms with Crippen molar-refractivity contribution in [2.45, 2.75) is 25.7 Å². The molecule has 0 unspecified atom stereocenters. The molecule has 0 atom stereocenters. The quantitative estimate of drug-likeness (QED) is 0.203. The number of furan rings is 1. The van der Waals surface area contributed by atoms with Crippen molar-refractivity contribution >= 4 is 44.6 Å². The molecule has 0 amide bonds. The van der Waals surface area contributed by atoms with Gasteiger partial charge in [0.05, 0.1) is 5.69 Å². The van der Waals surface area contributed by atoms with E-state index < -0.39 is 0 Å². The minimum Gasteiger partial charge on any atom is -0.454 e. The maximum absolute atomic E-state index is 6.54. The Hall–Kier alpha value is -5.60. The molecule has 1 aromatic heterocycles. The standard InChI is InChI=1S/C44H31NO/c1-2-12-30(13-3-1)45(42-21-10-20-39-38-15-6-7-22-43(38)46-44(39)42)31-23-24-33-29(25-31)27-41-35(33)17-9-19-37(41)36-18-8-16-34-32-14-5-4-11-28(32)26-40(34)36/h1-4,6-13,15-25H,5,14,26-27H2. The van der Waals surface area contributed by atoms with E-state index in [2.05, 4.69) is 138 Å². The highest BCUT2D eigenvalue weighted by Gasteiger charge is 2.28. The summed E-state index contributed by atoms with van der Waals surface area (Å²) in [6, 6.07) is 46.3. The third-order valence-corrected chi connectivity index (χ3v) is 10.2. The molecule has 2 heteroatoms. The molecule has 0 N–H and O–H groups in total. The lowest BCUT2D eigenvalue weighted by molar-refractivity contribution is 0.669. The molecule has 6 aromatic carbocycles. The number of fused-ring (bicyclic) bond motifs is 8. The first kappa shape index (κ1) is 25.7. The van der Waals surface area contributed by atoms with Gasteiger partial charge in [0.2, 0.25) is 0 Å². The topological polar surface area (TPSA) is 16.4 Å². The van der Waals surface area contributed by atoms with Crippen molar-refractivity contribution in [3.8, 4) is 22.3 Å². The highest BCUT2D eigenvalue weighted by Crippen LogP contribution is 2.49. The summed E-state index contributed by atoms with van der Waals surface area (Å²) in [5, 5.41) is 2.28. The van der Waals surface area contributed by atoms with Crippen LogP contribution >= 0.6 is 0 Å². The highest BCUT2D eigenvalue weighted by atomic mass is 16.3. The minimum absolute atomic E-state index is 0.905. The van der Waals surface area contributed by atoms with Gasteiger partial charge in [-0.2, -0.15) is 0 Å². The van der Waals surface area contributed by atoms with Crippen LogP contribution in [0.3, 0.4) is 0 Å². The van der Waals surface area contributed by atoms with Crippen molar-refractivity contribution in [1.82, 2.24) is 0 Å². The normalized spacial score (nSPS) is 14.4. The van der Waals surface area contributed by atoms with Crippen LogP contribution in [-0.2, 0) is 12.8 Å². The molecule has 3 aliphatic rings. The first-order chi connectivity index (χ1) is 22.8. The van der Waals surface area contributed by atoms with Gasteiger partial charge in [0, 0.05) is 22.1 Å². The van der Waals surface area contributed by atoms with Gasteiger partial charge >= 0.3 is 0 Å². The predicted octanol–water partition coefficient (Wildman–Crippen LogP) is 12.0. The Balaban J connectivity index is 1.09. The van der Waals surface area contributed by atoms with Crippen molar-refractivity contribution in [2.24, 2.45) is 0 Å². The van der Waals surface area contributed by atoms with Gasteiger partial charge in [-0.25, -0.2) is 0 Å². The second-order valence-electron chi connectivity index (χ2n) is 12.7. The smallest absolute Gasteiger partial charge is 0.159 e. The Bertz CT molecular complexity index is 2420. The molecule has 10 rings (SSSR count). The average molecular weight is 590 g/mol. The Kier molecular flexibility index (Phi) is 5.56. The van der Waals surface area contributed by atoms with Crippen LogP contribution in [0, 0.1) is 0 Å². The lowest BCUT2D eigenvalue weighted by Crippen LogP contribution is -2.10. The lowest BCUT2D eigenvalue weighted by Gasteiger charge is -2.26. The molecule has 0 fully saturated rings. The van der Waals surface area contributed by atoms with Crippen molar-refractivity contribution in [2.75, 3.05) is 4.90 Å². The van der Waals surface area contributed by atoms with Crippen LogP contribution in [0.2, 0.25) is 0 Å². The Morgan fingerprint density at radius 3 is 2.13 bits per heavy atom. The fraction of sp³-hybridized carbons (Fsp3) is 0.0909. The van der Waals surface area contributed by atoms with Gasteiger partial charge in [0.15, 0.2) is 5.58 Å². The van der Waals surface area contributed by atoms with Crippen LogP contribution in [0.1, 0.15) is 35.1 Å². The van der Waals surface area contributed by atoms with Gasteiger partial charge in [-0.15, -0.1) is 0 Å². The van der Waals surface area contributed by atoms with E-state index in [9.17, 15) is 0 Å². The van der Waals surface area contributed by atoms with Crippen LogP contribution in [0.4, 0.5) is 17.1 Å². The van der Waals surface area contributed by atoms with Crippen molar-refractivity contribution in [3.63, 3.8) is 0 Å². The molecule has 0 spiro atoms. The number of nitrogens with zero attached hydrogens (tertiary/aromatic N) is 1. The van der Waals surface area contributed by atoms with Gasteiger partial charge < -0.3 is 9.32 Å². The van der Waals surface area contributed by atoms with E-state index in [1.165, 1.54) is 50.1 Å². The zero-order valence-corrected chi connectivity index (χ0v) is 25.5. The molecule has 0 aliphatic heterocycles. The summed E-state index contributed by atoms with van der Waals surface area (Å²) < 4.78 is 6.54. The largest absolute Gasteiger partial charge is 0.454 e. The number of benzene rings is 6. The first-order valence-electron chi connectivity index (χ1n) is 16.3. The maximum atomic E-state index is 6.54. The summed E-state index contributed by atoms with van der Waals surface area (Å²) in [7, 11) is 0. The molecular formula is C44H31NO. The van der Waals surface area contributed by atoms with Gasteiger partial charge in [0.1, 0.15) is 5.58 Å². The van der Waals surface area contributed by atoms with Crippen LogP contribution in [-0.4, -0.2) is 0 Å². The average Bonchev–Trinajstić information content (AvgIpc) is 3.80. The second-order valence-corrected chi connectivity index (χ2v) is 12.7. The molecule has 0 radical (unpaired) electrons. The number of hydrogen-bond donors (Lipinski definition) is 0. The maximum Gasteiger partial charge on any atom is 0.159 e. The molecular weight excluding hydrogens is 558 g/mol. The predicted molar refractivity (Wildman–Crippen MR) is 191 cm³/mol. The Labute approximate surface area is 268 Å². The van der Waals surface area contributed by atoms with Crippen molar-refractivity contribution < 1.29 is 4.42 Å². The van der Waals surface area contributed by atoms with Crippen LogP contribution < -0.4 is 4.90 Å². The molecule has 0 bridgehead atoms. The van der Waals surface area contributed by atoms with Gasteiger partial charge in [0.25, 0.3) is 0 Å². The number of rotatable bonds is 4. The van der Waals surface area contributed by atoms with Gasteiger partial charge in [-0.3, -0.25) is 0 Å². The SMILES string of the molecule is C1=CC2=C(CC1)c1cccc(-c3cccc4c3Cc3cc(N(c5ccccc5)c5cccc6c5oc5ccccc56)ccc3-4)c1C2. The fourth-order valence-electron chi connectivity index (χ4n) is 8.20. The molecule has 0 saturated heterocycles. The number of hydrogen-bond acceptors (Lipinski definition) is 2. The van der Waals surface area contributed by atoms with E-state index in [1.807, 2.05) is 6.07 Å². The van der Waals surface area contributed by atoms with Gasteiger partial charge in [-0.05, 0) is 118 Å². The van der Waals surface area contributed by atoms with E-state index in [-0.39, 0.29) is 0 Å². The molecule has 0 saturated carbocycles. The van der Waals surface area contributed by atoms with Crippen LogP contribution in [0.5, 0.6) is 0 Å². The van der Waals surface area contributed by atoms with E-state index in [1.54, 1.807) is 5.57 Å². The highest BCUT2D eigenvalue weighted by molar-refractivity contribution is 6.10. The lowest BCUT2D eigenvalue weighted by atomic mass is 9.90. The summed E-state index contributed by atoms with van der Waals surface area (Å²) in [5.41, 5.74) is 19.4. The van der Waals surface area contributed by atoms with Crippen molar-refractivity contribution in [1.29, 1.82) is 0 Å². The van der Waals surface area contributed by atoms with Gasteiger partial charge in [-0.1, -0.05) is 103 Å². The van der Waals surface area contributed by atoms with Crippen LogP contribution in [0.15, 0.2) is 150 Å². The molecule has 1 heterocycles. The first-order valence-corrected chi connectivity index (χ1v) is 16.3. The Morgan fingerprint density at radius 1 is 0.543 bits per heavy atom. The third kappa shape index (κ3) is 3.77. The summed E-state index contributed by atoms with van der Waals surface area (Å²) >= 11 is 0. The van der Waals surface area contributed by atoms with Crippen LogP contribution in [0.25, 0.3) is 49.8 Å². The monoisotopic (exact) mass is 589 g/mol. The number of allylic oxidation sites excluding steroid dienone is 4. The molecule has 2 nitrogen and oxygen atoms in total. The van der Waals surface area contributed by atoms with E-state index in [4.69, 9.17) is 4.42 Å². The second kappa shape index (κ2) is 9.95. The minimum atomic E-state index is 0.905. The summed E-state index contributed by atoms with van der Waals surface area (Å²) in [4.78, 5) is 2.35. The number of anilines is 3. The third-order valence-electron chi connectivity index (χ3n) is 10.2. The zero-order chi connectivity index (χ0) is 30.2. The molecule has 3 aliphatic carbocycles. The van der Waals surface area contributed by atoms with E-state index >= 15 is 0 Å². The zero-order valence-electron chi connectivity index (χ0n) is 25.5. The number of para-hydroxylation sites is 3. The Morgan fingerprint density at radius 2 is 1.26 bits per heavy atom.